The van der Waals surface area contributed by atoms with Crippen molar-refractivity contribution in [2.24, 2.45) is 17.8 Å². The molecule has 9 heteroatoms. The van der Waals surface area contributed by atoms with Crippen molar-refractivity contribution < 1.29 is 9.90 Å². The van der Waals surface area contributed by atoms with E-state index in [9.17, 15) is 14.7 Å². The highest BCUT2D eigenvalue weighted by molar-refractivity contribution is 6.30. The Bertz CT molecular complexity index is 1250. The highest BCUT2D eigenvalue weighted by atomic mass is 35.5. The first-order chi connectivity index (χ1) is 17.3. The van der Waals surface area contributed by atoms with Crippen LogP contribution in [0.1, 0.15) is 31.0 Å². The summed E-state index contributed by atoms with van der Waals surface area (Å²) in [4.78, 5) is 33.9. The number of carbonyl (C=O) groups excluding carboxylic acids is 1. The van der Waals surface area contributed by atoms with Gasteiger partial charge < -0.3 is 14.9 Å². The number of nitrogens with one attached hydrogen (secondary N) is 1. The van der Waals surface area contributed by atoms with Gasteiger partial charge in [-0.1, -0.05) is 55.8 Å². The summed E-state index contributed by atoms with van der Waals surface area (Å²) in [5.74, 6) is -0.143. The first-order valence-electron chi connectivity index (χ1n) is 12.3. The molecule has 4 heterocycles. The molecule has 0 spiro atoms. The van der Waals surface area contributed by atoms with E-state index in [2.05, 4.69) is 15.2 Å². The number of piperidine rings is 1. The number of H-pyrrole nitrogens is 1. The summed E-state index contributed by atoms with van der Waals surface area (Å²) in [6.45, 7) is 5.93. The topological polar surface area (TPSA) is 102 Å². The highest BCUT2D eigenvalue weighted by Gasteiger charge is 2.49. The van der Waals surface area contributed by atoms with Crippen molar-refractivity contribution >= 4 is 23.3 Å². The third-order valence-electron chi connectivity index (χ3n) is 7.79. The van der Waals surface area contributed by atoms with Gasteiger partial charge in [-0.3, -0.25) is 14.6 Å². The van der Waals surface area contributed by atoms with Crippen LogP contribution in [0.2, 0.25) is 5.02 Å². The molecule has 5 atom stereocenters. The lowest BCUT2D eigenvalue weighted by Gasteiger charge is -2.48. The molecule has 0 unspecified atom stereocenters. The minimum Gasteiger partial charge on any atom is -0.384 e. The molecule has 2 saturated heterocycles. The van der Waals surface area contributed by atoms with E-state index in [4.69, 9.17) is 11.6 Å². The first-order valence-corrected chi connectivity index (χ1v) is 12.6. The molecule has 2 aliphatic heterocycles. The van der Waals surface area contributed by atoms with E-state index in [0.29, 0.717) is 37.0 Å². The molecule has 2 N–H and O–H groups in total. The number of rotatable bonds is 4. The lowest BCUT2D eigenvalue weighted by Crippen LogP contribution is -2.57. The number of benzene rings is 1. The molecule has 2 fully saturated rings. The second kappa shape index (κ2) is 9.67. The maximum absolute atomic E-state index is 14.0. The Balaban J connectivity index is 1.41. The summed E-state index contributed by atoms with van der Waals surface area (Å²) in [5, 5.41) is 18.9. The van der Waals surface area contributed by atoms with Gasteiger partial charge in [0.05, 0.1) is 16.5 Å². The number of carbonyl (C=O) groups is 1. The zero-order valence-electron chi connectivity index (χ0n) is 20.3. The summed E-state index contributed by atoms with van der Waals surface area (Å²) >= 11 is 6.07. The molecule has 1 amide bonds. The number of likely N-dealkylation sites (tertiary alicyclic amines) is 1. The van der Waals surface area contributed by atoms with Gasteiger partial charge in [-0.15, -0.1) is 0 Å². The second-order valence-corrected chi connectivity index (χ2v) is 10.5. The predicted octanol–water partition coefficient (Wildman–Crippen LogP) is 3.04. The van der Waals surface area contributed by atoms with E-state index in [-0.39, 0.29) is 35.1 Å². The van der Waals surface area contributed by atoms with Crippen LogP contribution in [0.4, 0.5) is 5.82 Å². The monoisotopic (exact) mass is 507 g/mol. The van der Waals surface area contributed by atoms with Crippen LogP contribution in [0.5, 0.6) is 0 Å². The molecule has 188 valence electrons. The molecule has 3 aromatic rings. The molecule has 2 aliphatic rings. The zero-order chi connectivity index (χ0) is 25.4. The summed E-state index contributed by atoms with van der Waals surface area (Å²) in [7, 11) is 0. The third-order valence-corrected chi connectivity index (χ3v) is 8.02. The Morgan fingerprint density at radius 3 is 2.36 bits per heavy atom. The van der Waals surface area contributed by atoms with E-state index in [1.54, 1.807) is 18.3 Å². The fraction of sp³-hybridized carbons (Fsp3) is 0.407. The number of amides is 1. The fourth-order valence-electron chi connectivity index (χ4n) is 5.85. The van der Waals surface area contributed by atoms with Crippen LogP contribution in [0.15, 0.2) is 65.6 Å². The van der Waals surface area contributed by atoms with Gasteiger partial charge in [0.1, 0.15) is 5.82 Å². The van der Waals surface area contributed by atoms with Crippen molar-refractivity contribution in [2.75, 3.05) is 31.1 Å². The summed E-state index contributed by atoms with van der Waals surface area (Å²) < 4.78 is 0. The highest BCUT2D eigenvalue weighted by Crippen LogP contribution is 2.43. The molecule has 0 aliphatic carbocycles. The summed E-state index contributed by atoms with van der Waals surface area (Å²) in [5.41, 5.74) is 0.403. The lowest BCUT2D eigenvalue weighted by atomic mass is 9.70. The van der Waals surface area contributed by atoms with Gasteiger partial charge in [0.25, 0.3) is 5.56 Å². The normalized spacial score (nSPS) is 28.3. The Kier molecular flexibility index (Phi) is 6.57. The molecule has 5 rings (SSSR count). The largest absolute Gasteiger partial charge is 0.384 e. The molecule has 2 aromatic heterocycles. The molecule has 0 saturated carbocycles. The Labute approximate surface area is 214 Å². The smallest absolute Gasteiger partial charge is 0.264 e. The van der Waals surface area contributed by atoms with Gasteiger partial charge in [-0.2, -0.15) is 5.10 Å². The van der Waals surface area contributed by atoms with Crippen LogP contribution < -0.4 is 10.5 Å². The first kappa shape index (κ1) is 24.5. The van der Waals surface area contributed by atoms with Crippen molar-refractivity contribution in [3.8, 4) is 0 Å². The molecule has 36 heavy (non-hydrogen) atoms. The number of hydrogen-bond donors (Lipinski definition) is 2. The molecular formula is C27H30ClN5O3. The number of halogens is 1. The van der Waals surface area contributed by atoms with Crippen LogP contribution in [-0.2, 0) is 10.4 Å². The maximum atomic E-state index is 14.0. The van der Waals surface area contributed by atoms with Gasteiger partial charge in [-0.05, 0) is 23.8 Å². The summed E-state index contributed by atoms with van der Waals surface area (Å²) in [6, 6.07) is 16.5. The van der Waals surface area contributed by atoms with Crippen LogP contribution in [0.3, 0.4) is 0 Å². The van der Waals surface area contributed by atoms with E-state index in [1.165, 1.54) is 6.07 Å². The van der Waals surface area contributed by atoms with Crippen molar-refractivity contribution in [1.29, 1.82) is 0 Å². The minimum atomic E-state index is -1.00. The lowest BCUT2D eigenvalue weighted by molar-refractivity contribution is -0.152. The molecule has 0 radical (unpaired) electrons. The van der Waals surface area contributed by atoms with Gasteiger partial charge in [0.2, 0.25) is 5.91 Å². The number of aromatic amines is 1. The average molecular weight is 508 g/mol. The third kappa shape index (κ3) is 4.40. The van der Waals surface area contributed by atoms with Crippen molar-refractivity contribution in [1.82, 2.24) is 20.1 Å². The Morgan fingerprint density at radius 1 is 1.03 bits per heavy atom. The molecule has 8 nitrogen and oxygen atoms in total. The van der Waals surface area contributed by atoms with Crippen molar-refractivity contribution in [3.63, 3.8) is 0 Å². The van der Waals surface area contributed by atoms with Gasteiger partial charge >= 0.3 is 0 Å². The van der Waals surface area contributed by atoms with Crippen LogP contribution in [-0.4, -0.2) is 57.3 Å². The average Bonchev–Trinajstić information content (AvgIpc) is 3.33. The predicted molar refractivity (Wildman–Crippen MR) is 138 cm³/mol. The zero-order valence-corrected chi connectivity index (χ0v) is 21.1. The SMILES string of the molecule is C[C@@H]1CN(C(=O)[C@@H]2CN(c3ccc(=O)[nH]n3)C[C@H]2c2ccc(Cl)cn2)C[C@H](C)[C@@]1(O)c1ccccc1. The fourth-order valence-corrected chi connectivity index (χ4v) is 5.96. The Morgan fingerprint density at radius 2 is 1.75 bits per heavy atom. The van der Waals surface area contributed by atoms with Gasteiger partial charge in [0, 0.05) is 61.9 Å². The second-order valence-electron chi connectivity index (χ2n) is 10.0. The van der Waals surface area contributed by atoms with Crippen molar-refractivity contribution in [3.05, 3.63) is 87.4 Å². The van der Waals surface area contributed by atoms with Crippen molar-refractivity contribution in [2.45, 2.75) is 25.4 Å². The number of nitrogens with zero attached hydrogens (tertiary/aromatic N) is 4. The van der Waals surface area contributed by atoms with E-state index in [1.807, 2.05) is 60.0 Å². The number of anilines is 1. The molecular weight excluding hydrogens is 478 g/mol. The minimum absolute atomic E-state index is 0.0393. The standard InChI is InChI=1S/C27H30ClN5O3/c1-17-13-33(14-18(2)27(17,36)19-6-4-3-5-7-19)26(35)22-16-32(24-10-11-25(34)31-30-24)15-21(22)23-9-8-20(28)12-29-23/h3-12,17-18,21-22,36H,13-16H2,1-2H3,(H,31,34)/t17-,18+,21-,22-,27-/m1/s1. The number of aromatic nitrogens is 3. The van der Waals surface area contributed by atoms with E-state index >= 15 is 0 Å². The Hall–Kier alpha value is -3.23. The molecule has 1 aromatic carbocycles. The van der Waals surface area contributed by atoms with Crippen LogP contribution in [0, 0.1) is 17.8 Å². The number of hydrogen-bond acceptors (Lipinski definition) is 6. The van der Waals surface area contributed by atoms with Crippen LogP contribution in [0.25, 0.3) is 0 Å². The number of aliphatic hydroxyl groups is 1. The summed E-state index contributed by atoms with van der Waals surface area (Å²) in [6.07, 6.45) is 1.60. The molecule has 0 bridgehead atoms. The van der Waals surface area contributed by atoms with Crippen LogP contribution >= 0.6 is 11.6 Å². The van der Waals surface area contributed by atoms with E-state index in [0.717, 1.165) is 11.3 Å². The quantitative estimate of drug-likeness (QED) is 0.562. The van der Waals surface area contributed by atoms with Gasteiger partial charge in [-0.25, -0.2) is 5.10 Å². The maximum Gasteiger partial charge on any atom is 0.264 e. The number of pyridine rings is 1. The van der Waals surface area contributed by atoms with Gasteiger partial charge in [0.15, 0.2) is 0 Å². The van der Waals surface area contributed by atoms with E-state index < -0.39 is 5.60 Å².